The fourth-order valence-electron chi connectivity index (χ4n) is 7.72. The highest BCUT2D eigenvalue weighted by molar-refractivity contribution is 8.26. The van der Waals surface area contributed by atoms with Crippen LogP contribution in [0.15, 0.2) is 206 Å². The van der Waals surface area contributed by atoms with Crippen LogP contribution in [0.3, 0.4) is 0 Å². The molecule has 0 saturated heterocycles. The van der Waals surface area contributed by atoms with E-state index in [4.69, 9.17) is 29.1 Å². The van der Waals surface area contributed by atoms with Gasteiger partial charge in [0.25, 0.3) is 0 Å². The minimum absolute atomic E-state index is 0.0735. The lowest BCUT2D eigenvalue weighted by atomic mass is 9.70. The molecule has 0 N–H and O–H groups in total. The molecule has 0 aliphatic heterocycles. The van der Waals surface area contributed by atoms with Crippen molar-refractivity contribution in [1.82, 2.24) is 0 Å². The van der Waals surface area contributed by atoms with E-state index in [1.165, 1.54) is 0 Å². The molecule has 0 saturated carbocycles. The molecule has 0 bridgehead atoms. The third-order valence-corrected chi connectivity index (χ3v) is 19.5. The fourth-order valence-corrected chi connectivity index (χ4v) is 14.7. The molecule has 10 rings (SSSR count). The Morgan fingerprint density at radius 3 is 0.981 bits per heavy atom. The van der Waals surface area contributed by atoms with Crippen molar-refractivity contribution < 1.29 is 19.2 Å². The Kier molecular flexibility index (Phi) is 5.01. The van der Waals surface area contributed by atoms with Crippen LogP contribution in [-0.2, 0) is 29.0 Å². The van der Waals surface area contributed by atoms with Crippen LogP contribution in [0.5, 0.6) is 0 Å². The van der Waals surface area contributed by atoms with Crippen molar-refractivity contribution in [3.05, 3.63) is 228 Å². The van der Waals surface area contributed by atoms with E-state index >= 15 is 0 Å². The molecule has 0 nitrogen and oxygen atoms in total. The molecule has 53 heavy (non-hydrogen) atoms. The zero-order valence-electron chi connectivity index (χ0n) is 41.8. The molecule has 252 valence electrons. The zero-order valence-corrected chi connectivity index (χ0v) is 31.2. The molecular weight excluding hydrogens is 715 g/mol. The smallest absolute Gasteiger partial charge is 0.0726 e. The molecule has 2 aliphatic rings. The Morgan fingerprint density at radius 1 is 0.340 bits per heavy atom. The van der Waals surface area contributed by atoms with Crippen molar-refractivity contribution in [3.8, 4) is 22.3 Å². The highest BCUT2D eigenvalue weighted by Gasteiger charge is 2.52. The minimum Gasteiger partial charge on any atom is -0.0826 e. The molecule has 0 atom stereocenters. The first-order valence-electron chi connectivity index (χ1n) is 23.8. The van der Waals surface area contributed by atoms with E-state index in [2.05, 4.69) is 0 Å². The lowest BCUT2D eigenvalue weighted by Crippen LogP contribution is -2.31. The van der Waals surface area contributed by atoms with Crippen LogP contribution < -0.4 is 31.8 Å². The van der Waals surface area contributed by atoms with Crippen LogP contribution >= 0.6 is 12.1 Å². The van der Waals surface area contributed by atoms with E-state index in [9.17, 15) is 13.7 Å². The van der Waals surface area contributed by atoms with E-state index in [1.807, 2.05) is 0 Å². The maximum Gasteiger partial charge on any atom is 0.0726 e. The topological polar surface area (TPSA) is 0 Å². The molecule has 0 unspecified atom stereocenters. The SMILES string of the molecule is [2H]c1c([2H])c([2H])c2c(c1[2H])-c1c([2H])c([2H])c(P(=S)(c3ccccc3)c3ccccc3)c([2H])c1C21c2c([2H])c([2H])c([2H])c([2H])c2-c2c([2H])c([2H])c(P(=S)(c3ccccc3)c3ccccc3)c([2H])c21. The van der Waals surface area contributed by atoms with Crippen molar-refractivity contribution in [2.45, 2.75) is 5.41 Å². The molecule has 2 aliphatic carbocycles. The Hall–Kier alpha value is -4.94. The van der Waals surface area contributed by atoms with Crippen molar-refractivity contribution in [1.29, 1.82) is 0 Å². The van der Waals surface area contributed by atoms with Crippen LogP contribution in [0.1, 0.15) is 41.4 Å². The summed E-state index contributed by atoms with van der Waals surface area (Å²) in [6, 6.07) is 20.0. The zero-order chi connectivity index (χ0) is 47.8. The lowest BCUT2D eigenvalue weighted by Gasteiger charge is -2.33. The molecule has 8 aromatic carbocycles. The predicted octanol–water partition coefficient (Wildman–Crippen LogP) is 9.54. The maximum atomic E-state index is 10.6. The summed E-state index contributed by atoms with van der Waals surface area (Å²) in [5.41, 5.74) is -4.65. The van der Waals surface area contributed by atoms with Crippen molar-refractivity contribution >= 4 is 67.5 Å². The Bertz CT molecular complexity index is 3250. The summed E-state index contributed by atoms with van der Waals surface area (Å²) in [6.45, 7) is 0. The van der Waals surface area contributed by atoms with Crippen molar-refractivity contribution in [3.63, 3.8) is 0 Å². The third kappa shape index (κ3) is 4.67. The van der Waals surface area contributed by atoms with E-state index in [0.717, 1.165) is 0 Å². The van der Waals surface area contributed by atoms with E-state index in [-0.39, 0.29) is 55.1 Å². The standard InChI is InChI=1S/C49H34P2S2/c52-50(35-17-5-1-6-18-35,36-19-7-2-8-20-36)39-29-31-43-41-25-13-15-27-45(41)49(47(43)33-39)46-28-16-14-26-42(46)44-32-30-40(34-48(44)49)51(53,37-21-9-3-10-22-37)38-23-11-4-12-24-38/h1-34H/i13D,14D,15D,16D,25D,26D,27D,28D,29D,30D,31D,32D,33D,34D. The summed E-state index contributed by atoms with van der Waals surface area (Å²) >= 11 is 13.5. The first-order valence-corrected chi connectivity index (χ1v) is 22.5. The Labute approximate surface area is 341 Å². The van der Waals surface area contributed by atoms with Gasteiger partial charge in [-0.05, 0) is 88.4 Å². The van der Waals surface area contributed by atoms with Gasteiger partial charge in [0.05, 0.1) is 24.6 Å². The van der Waals surface area contributed by atoms with Gasteiger partial charge in [-0.1, -0.05) is 217 Å². The minimum atomic E-state index is -3.56. The number of fused-ring (bicyclic) bond motifs is 10. The highest BCUT2D eigenvalue weighted by atomic mass is 32.4. The quantitative estimate of drug-likeness (QED) is 0.155. The lowest BCUT2D eigenvalue weighted by molar-refractivity contribution is 0.795. The van der Waals surface area contributed by atoms with Crippen LogP contribution in [-0.4, -0.2) is 0 Å². The Balaban J connectivity index is 1.52. The van der Waals surface area contributed by atoms with Gasteiger partial charge in [0.1, 0.15) is 0 Å². The number of hydrogen-bond donors (Lipinski definition) is 0. The average Bonchev–Trinajstić information content (AvgIpc) is 3.84. The first-order chi connectivity index (χ1) is 31.9. The summed E-state index contributed by atoms with van der Waals surface area (Å²) in [6.07, 6.45) is 0. The van der Waals surface area contributed by atoms with E-state index in [0.29, 0.717) is 21.2 Å². The largest absolute Gasteiger partial charge is 0.0826 e. The molecule has 8 aromatic rings. The number of rotatable bonds is 6. The van der Waals surface area contributed by atoms with Crippen LogP contribution in [0.2, 0.25) is 0 Å². The average molecular weight is 763 g/mol. The molecule has 0 heterocycles. The summed E-state index contributed by atoms with van der Waals surface area (Å²) < 4.78 is 136. The second kappa shape index (κ2) is 12.6. The van der Waals surface area contributed by atoms with Gasteiger partial charge in [0, 0.05) is 12.1 Å². The third-order valence-electron chi connectivity index (χ3n) is 10.1. The second-order valence-electron chi connectivity index (χ2n) is 12.8. The van der Waals surface area contributed by atoms with Gasteiger partial charge >= 0.3 is 0 Å². The van der Waals surface area contributed by atoms with Gasteiger partial charge in [-0.15, -0.1) is 0 Å². The maximum absolute atomic E-state index is 10.6. The number of benzene rings is 8. The summed E-state index contributed by atoms with van der Waals surface area (Å²) in [5.74, 6) is 0. The normalized spacial score (nSPS) is 17.3. The monoisotopic (exact) mass is 762 g/mol. The van der Waals surface area contributed by atoms with Gasteiger partial charge in [0.15, 0.2) is 0 Å². The van der Waals surface area contributed by atoms with Crippen molar-refractivity contribution in [2.24, 2.45) is 0 Å². The van der Waals surface area contributed by atoms with E-state index in [1.54, 1.807) is 121 Å². The van der Waals surface area contributed by atoms with Gasteiger partial charge in [0.2, 0.25) is 0 Å². The summed E-state index contributed by atoms with van der Waals surface area (Å²) in [7, 11) is 0. The number of hydrogen-bond acceptors (Lipinski definition) is 2. The van der Waals surface area contributed by atoms with Gasteiger partial charge in [-0.25, -0.2) is 0 Å². The van der Waals surface area contributed by atoms with Crippen molar-refractivity contribution in [2.75, 3.05) is 0 Å². The molecular formula is C49H34P2S2. The van der Waals surface area contributed by atoms with Gasteiger partial charge < -0.3 is 0 Å². The predicted molar refractivity (Wildman–Crippen MR) is 235 cm³/mol. The molecule has 0 amide bonds. The van der Waals surface area contributed by atoms with Gasteiger partial charge in [-0.3, -0.25) is 0 Å². The molecule has 1 spiro atoms. The van der Waals surface area contributed by atoms with E-state index < -0.39 is 102 Å². The fraction of sp³-hybridized carbons (Fsp3) is 0.0204. The van der Waals surface area contributed by atoms with Gasteiger partial charge in [-0.2, -0.15) is 0 Å². The highest BCUT2D eigenvalue weighted by Crippen LogP contribution is 2.63. The molecule has 0 aromatic heterocycles. The van der Waals surface area contributed by atoms with Crippen LogP contribution in [0.4, 0.5) is 0 Å². The summed E-state index contributed by atoms with van der Waals surface area (Å²) in [4.78, 5) is 0. The Morgan fingerprint density at radius 2 is 0.642 bits per heavy atom. The molecule has 0 radical (unpaired) electrons. The summed E-state index contributed by atoms with van der Waals surface area (Å²) in [5, 5.41) is 2.09. The molecule has 4 heteroatoms. The molecule has 0 fully saturated rings. The van der Waals surface area contributed by atoms with Crippen LogP contribution in [0, 0.1) is 0 Å². The van der Waals surface area contributed by atoms with Crippen LogP contribution in [0.25, 0.3) is 22.3 Å². The second-order valence-corrected chi connectivity index (χ2v) is 21.4. The first kappa shape index (κ1) is 21.1.